The summed E-state index contributed by atoms with van der Waals surface area (Å²) in [5, 5.41) is 9.87. The first-order valence-electron chi connectivity index (χ1n) is 7.03. The fourth-order valence-electron chi connectivity index (χ4n) is 3.29. The third-order valence-electron chi connectivity index (χ3n) is 4.53. The molecule has 2 aliphatic rings. The molecule has 1 atom stereocenters. The molecule has 4 rings (SSSR count). The quantitative estimate of drug-likeness (QED) is 0.890. The number of anilines is 1. The van der Waals surface area contributed by atoms with E-state index < -0.39 is 0 Å². The number of amides is 1. The largest absolute Gasteiger partial charge is 0.364 e. The standard InChI is InChI=1S/C14H16N4OS/c19-11-3-2-10(14(18-11)5-1-6-14)17-12-9-4-7-20-13(9)16-8-15-12/h4,7-8,10H,1-3,5-6H2,(H,18,19)(H,15,16,17). The van der Waals surface area contributed by atoms with Crippen molar-refractivity contribution in [2.75, 3.05) is 5.32 Å². The van der Waals surface area contributed by atoms with Gasteiger partial charge < -0.3 is 10.6 Å². The highest BCUT2D eigenvalue weighted by Gasteiger charge is 2.47. The Morgan fingerprint density at radius 1 is 1.40 bits per heavy atom. The van der Waals surface area contributed by atoms with Crippen molar-refractivity contribution < 1.29 is 4.79 Å². The molecule has 0 radical (unpaired) electrons. The Labute approximate surface area is 120 Å². The SMILES string of the molecule is O=C1CCC(Nc2ncnc3sccc23)C2(CCC2)N1. The van der Waals surface area contributed by atoms with Crippen LogP contribution in [0.15, 0.2) is 17.8 Å². The minimum Gasteiger partial charge on any atom is -0.364 e. The summed E-state index contributed by atoms with van der Waals surface area (Å²) < 4.78 is 0. The number of hydrogen-bond acceptors (Lipinski definition) is 5. The summed E-state index contributed by atoms with van der Waals surface area (Å²) in [7, 11) is 0. The molecule has 2 aromatic rings. The predicted molar refractivity (Wildman–Crippen MR) is 78.8 cm³/mol. The summed E-state index contributed by atoms with van der Waals surface area (Å²) in [4.78, 5) is 21.3. The molecule has 3 heterocycles. The summed E-state index contributed by atoms with van der Waals surface area (Å²) in [5.41, 5.74) is -0.0529. The van der Waals surface area contributed by atoms with Crippen LogP contribution in [0.1, 0.15) is 32.1 Å². The van der Waals surface area contributed by atoms with Gasteiger partial charge in [-0.25, -0.2) is 9.97 Å². The molecule has 2 aromatic heterocycles. The van der Waals surface area contributed by atoms with Gasteiger partial charge in [-0.05, 0) is 37.1 Å². The number of rotatable bonds is 2. The van der Waals surface area contributed by atoms with Gasteiger partial charge in [0.25, 0.3) is 0 Å². The number of hydrogen-bond donors (Lipinski definition) is 2. The average molecular weight is 288 g/mol. The lowest BCUT2D eigenvalue weighted by molar-refractivity contribution is -0.127. The predicted octanol–water partition coefficient (Wildman–Crippen LogP) is 2.30. The Hall–Kier alpha value is -1.69. The Bertz CT molecular complexity index is 664. The second kappa shape index (κ2) is 4.41. The van der Waals surface area contributed by atoms with E-state index in [9.17, 15) is 4.79 Å². The number of aromatic nitrogens is 2. The van der Waals surface area contributed by atoms with Crippen LogP contribution in [-0.4, -0.2) is 27.5 Å². The van der Waals surface area contributed by atoms with E-state index in [0.29, 0.717) is 6.42 Å². The van der Waals surface area contributed by atoms with Crippen LogP contribution in [0.25, 0.3) is 10.2 Å². The molecule has 104 valence electrons. The first-order chi connectivity index (χ1) is 9.77. The van der Waals surface area contributed by atoms with Gasteiger partial charge in [-0.3, -0.25) is 4.79 Å². The number of carbonyl (C=O) groups excluding carboxylic acids is 1. The van der Waals surface area contributed by atoms with Crippen molar-refractivity contribution in [2.24, 2.45) is 0 Å². The monoisotopic (exact) mass is 288 g/mol. The molecule has 2 N–H and O–H groups in total. The van der Waals surface area contributed by atoms with E-state index in [1.807, 2.05) is 5.38 Å². The maximum Gasteiger partial charge on any atom is 0.220 e. The molecule has 1 unspecified atom stereocenters. The zero-order valence-electron chi connectivity index (χ0n) is 11.1. The molecule has 5 nitrogen and oxygen atoms in total. The van der Waals surface area contributed by atoms with Crippen LogP contribution in [-0.2, 0) is 4.79 Å². The van der Waals surface area contributed by atoms with Gasteiger partial charge in [0.05, 0.1) is 17.0 Å². The highest BCUT2D eigenvalue weighted by Crippen LogP contribution is 2.40. The fourth-order valence-corrected chi connectivity index (χ4v) is 4.02. The van der Waals surface area contributed by atoms with Crippen LogP contribution in [0.4, 0.5) is 5.82 Å². The van der Waals surface area contributed by atoms with Crippen molar-refractivity contribution in [1.29, 1.82) is 0 Å². The van der Waals surface area contributed by atoms with Gasteiger partial charge >= 0.3 is 0 Å². The number of carbonyl (C=O) groups is 1. The van der Waals surface area contributed by atoms with Crippen LogP contribution in [0, 0.1) is 0 Å². The Balaban J connectivity index is 1.64. The molecule has 1 aliphatic carbocycles. The summed E-state index contributed by atoms with van der Waals surface area (Å²) >= 11 is 1.62. The van der Waals surface area contributed by atoms with E-state index in [1.165, 1.54) is 6.42 Å². The molecule has 0 bridgehead atoms. The first kappa shape index (κ1) is 12.1. The lowest BCUT2D eigenvalue weighted by Gasteiger charge is -2.51. The van der Waals surface area contributed by atoms with Crippen molar-refractivity contribution in [2.45, 2.75) is 43.7 Å². The topological polar surface area (TPSA) is 66.9 Å². The number of piperidine rings is 1. The lowest BCUT2D eigenvalue weighted by Crippen LogP contribution is -2.66. The molecule has 1 spiro atoms. The Morgan fingerprint density at radius 3 is 3.10 bits per heavy atom. The van der Waals surface area contributed by atoms with Gasteiger partial charge in [0.2, 0.25) is 5.91 Å². The van der Waals surface area contributed by atoms with E-state index in [2.05, 4.69) is 26.7 Å². The van der Waals surface area contributed by atoms with Gasteiger partial charge in [0.15, 0.2) is 0 Å². The molecule has 0 aromatic carbocycles. The van der Waals surface area contributed by atoms with Crippen molar-refractivity contribution >= 4 is 33.3 Å². The Kier molecular flexibility index (Phi) is 2.66. The summed E-state index contributed by atoms with van der Waals surface area (Å²) in [6.07, 6.45) is 6.40. The van der Waals surface area contributed by atoms with E-state index in [4.69, 9.17) is 0 Å². The van der Waals surface area contributed by atoms with E-state index in [0.717, 1.165) is 35.3 Å². The molecule has 2 fully saturated rings. The van der Waals surface area contributed by atoms with Gasteiger partial charge in [0.1, 0.15) is 17.0 Å². The smallest absolute Gasteiger partial charge is 0.220 e. The molecule has 6 heteroatoms. The van der Waals surface area contributed by atoms with Crippen LogP contribution >= 0.6 is 11.3 Å². The molecule has 1 saturated carbocycles. The molecule has 1 saturated heterocycles. The van der Waals surface area contributed by atoms with Gasteiger partial charge in [-0.2, -0.15) is 0 Å². The number of thiophene rings is 1. The van der Waals surface area contributed by atoms with E-state index in [-0.39, 0.29) is 17.5 Å². The number of nitrogens with one attached hydrogen (secondary N) is 2. The number of fused-ring (bicyclic) bond motifs is 1. The maximum absolute atomic E-state index is 11.7. The van der Waals surface area contributed by atoms with Gasteiger partial charge in [0, 0.05) is 6.42 Å². The minimum atomic E-state index is -0.0529. The summed E-state index contributed by atoms with van der Waals surface area (Å²) in [6.45, 7) is 0. The zero-order chi connectivity index (χ0) is 13.6. The Morgan fingerprint density at radius 2 is 2.30 bits per heavy atom. The van der Waals surface area contributed by atoms with Crippen molar-refractivity contribution in [3.63, 3.8) is 0 Å². The molecule has 20 heavy (non-hydrogen) atoms. The highest BCUT2D eigenvalue weighted by atomic mass is 32.1. The van der Waals surface area contributed by atoms with E-state index >= 15 is 0 Å². The summed E-state index contributed by atoms with van der Waals surface area (Å²) in [6, 6.07) is 2.32. The van der Waals surface area contributed by atoms with Crippen LogP contribution in [0.5, 0.6) is 0 Å². The van der Waals surface area contributed by atoms with Crippen LogP contribution < -0.4 is 10.6 Å². The zero-order valence-corrected chi connectivity index (χ0v) is 11.9. The first-order valence-corrected chi connectivity index (χ1v) is 7.91. The molecule has 1 amide bonds. The second-order valence-corrected chi connectivity index (χ2v) is 6.55. The molecular formula is C14H16N4OS. The third kappa shape index (κ3) is 1.78. The normalized spacial score (nSPS) is 24.4. The average Bonchev–Trinajstić information content (AvgIpc) is 2.88. The van der Waals surface area contributed by atoms with Crippen LogP contribution in [0.3, 0.4) is 0 Å². The van der Waals surface area contributed by atoms with Crippen molar-refractivity contribution in [3.05, 3.63) is 17.8 Å². The highest BCUT2D eigenvalue weighted by molar-refractivity contribution is 7.16. The maximum atomic E-state index is 11.7. The second-order valence-electron chi connectivity index (χ2n) is 5.66. The minimum absolute atomic E-state index is 0.0529. The molecule has 1 aliphatic heterocycles. The van der Waals surface area contributed by atoms with Crippen molar-refractivity contribution in [1.82, 2.24) is 15.3 Å². The van der Waals surface area contributed by atoms with Crippen molar-refractivity contribution in [3.8, 4) is 0 Å². The fraction of sp³-hybridized carbons (Fsp3) is 0.500. The summed E-state index contributed by atoms with van der Waals surface area (Å²) in [5.74, 6) is 1.08. The van der Waals surface area contributed by atoms with Gasteiger partial charge in [-0.15, -0.1) is 11.3 Å². The number of nitrogens with zero attached hydrogens (tertiary/aromatic N) is 2. The van der Waals surface area contributed by atoms with Crippen LogP contribution in [0.2, 0.25) is 0 Å². The molecular weight excluding hydrogens is 272 g/mol. The lowest BCUT2D eigenvalue weighted by atomic mass is 9.68. The van der Waals surface area contributed by atoms with Gasteiger partial charge in [-0.1, -0.05) is 0 Å². The van der Waals surface area contributed by atoms with E-state index in [1.54, 1.807) is 17.7 Å². The third-order valence-corrected chi connectivity index (χ3v) is 5.35.